The van der Waals surface area contributed by atoms with Gasteiger partial charge in [-0.2, -0.15) is 9.98 Å². The number of aliphatic imine (C=N–C) groups is 2. The van der Waals surface area contributed by atoms with E-state index in [1.54, 1.807) is 0 Å². The first-order valence-corrected chi connectivity index (χ1v) is 24.2. The maximum atomic E-state index is 12.0. The summed E-state index contributed by atoms with van der Waals surface area (Å²) in [7, 11) is -5.24. The van der Waals surface area contributed by atoms with Crippen LogP contribution in [0.5, 0.6) is 0 Å². The Hall–Kier alpha value is -2.10. The predicted octanol–water partition coefficient (Wildman–Crippen LogP) is 6.65. The molecule has 0 bridgehead atoms. The third-order valence-corrected chi connectivity index (χ3v) is 11.8. The number of quaternary nitrogens is 2. The van der Waals surface area contributed by atoms with Crippen molar-refractivity contribution in [3.05, 3.63) is 0 Å². The minimum Gasteiger partial charge on any atom is -0.790 e. The highest BCUT2D eigenvalue weighted by molar-refractivity contribution is 7.43. The van der Waals surface area contributed by atoms with Crippen molar-refractivity contribution in [3.63, 3.8) is 0 Å². The lowest BCUT2D eigenvalue weighted by Gasteiger charge is -2.39. The molecule has 3 aliphatic rings. The minimum atomic E-state index is -5.24. The number of fused-ring (bicyclic) bond motifs is 1. The summed E-state index contributed by atoms with van der Waals surface area (Å²) in [4.78, 5) is 52.7. The Balaban J connectivity index is 0.000000448. The second-order valence-electron chi connectivity index (χ2n) is 16.3. The molecule has 0 aromatic carbocycles. The highest BCUT2D eigenvalue weighted by atomic mass is 31.2. The number of unbranched alkanes of at least 4 members (excludes halogenated alkanes) is 8. The molecule has 338 valence electrons. The van der Waals surface area contributed by atoms with E-state index in [9.17, 15) is 29.0 Å². The minimum absolute atomic E-state index is 0.154. The highest BCUT2D eigenvalue weighted by Gasteiger charge is 2.47. The molecule has 3 rings (SSSR count). The van der Waals surface area contributed by atoms with Gasteiger partial charge in [0.1, 0.15) is 12.3 Å². The van der Waals surface area contributed by atoms with E-state index in [1.165, 1.54) is 164 Å². The Bertz CT molecular complexity index is 1200. The standard InChI is InChI=1S/2C16H36N.C10H12N5O8P/c2*1-5-9-13-17(14-10-6-2,15-11-7-3)16-12-8-4;11-9-13-7-6(8(17)14-9)12-10(18)15(7)5-1-3(16)4(23-5)2-22-24(19,20)21/h2*5-16H2,1-4H3;3-5,16H,1-2H2,(H2,11,14,17)(H2,19,20,21)/q2*+1;/p-2/t;;3-,4+,5+/m..0/s1. The number of nitrogens with zero attached hydrogens (tertiary/aromatic N) is 5. The number of hydrogen-bond acceptors (Lipinski definition) is 9. The molecule has 3 N–H and O–H groups in total. The van der Waals surface area contributed by atoms with Gasteiger partial charge in [0, 0.05) is 6.42 Å². The van der Waals surface area contributed by atoms with Crippen LogP contribution < -0.4 is 15.1 Å². The Morgan fingerprint density at radius 1 is 0.724 bits per heavy atom. The molecule has 0 radical (unpaired) electrons. The molecule has 16 heteroatoms. The fourth-order valence-corrected chi connectivity index (χ4v) is 8.03. The number of hydrogen-bond donors (Lipinski definition) is 3. The van der Waals surface area contributed by atoms with E-state index in [0.29, 0.717) is 0 Å². The van der Waals surface area contributed by atoms with E-state index in [1.807, 2.05) is 0 Å². The van der Waals surface area contributed by atoms with E-state index in [4.69, 9.17) is 10.1 Å². The van der Waals surface area contributed by atoms with E-state index in [0.717, 1.165) is 4.90 Å². The van der Waals surface area contributed by atoms with Crippen LogP contribution in [0.3, 0.4) is 0 Å². The second-order valence-corrected chi connectivity index (χ2v) is 17.5. The highest BCUT2D eigenvalue weighted by Crippen LogP contribution is 2.31. The first-order valence-electron chi connectivity index (χ1n) is 22.8. The van der Waals surface area contributed by atoms with Crippen molar-refractivity contribution in [2.45, 2.75) is 183 Å². The fourth-order valence-electron chi connectivity index (χ4n) is 7.70. The predicted molar refractivity (Wildman–Crippen MR) is 230 cm³/mol. The topological polar surface area (TPSA) is 200 Å². The molecule has 0 saturated carbocycles. The zero-order valence-electron chi connectivity index (χ0n) is 37.6. The molecule has 1 fully saturated rings. The lowest BCUT2D eigenvalue weighted by atomic mass is 10.1. The Kier molecular flexibility index (Phi) is 27.1. The summed E-state index contributed by atoms with van der Waals surface area (Å²) >= 11 is 0. The molecule has 0 unspecified atom stereocenters. The molecule has 0 aromatic heterocycles. The lowest BCUT2D eigenvalue weighted by Crippen LogP contribution is -2.50. The molecule has 3 heterocycles. The van der Waals surface area contributed by atoms with Gasteiger partial charge in [0.05, 0.1) is 72.9 Å². The molecule has 1 saturated heterocycles. The Morgan fingerprint density at radius 3 is 1.41 bits per heavy atom. The zero-order chi connectivity index (χ0) is 43.6. The molecule has 0 aromatic rings. The van der Waals surface area contributed by atoms with Gasteiger partial charge in [-0.1, -0.05) is 107 Å². The average Bonchev–Trinajstić information content (AvgIpc) is 3.73. The number of amides is 3. The van der Waals surface area contributed by atoms with Crippen LogP contribution in [0.15, 0.2) is 9.98 Å². The van der Waals surface area contributed by atoms with Crippen molar-refractivity contribution < 1.29 is 47.3 Å². The third kappa shape index (κ3) is 19.5. The van der Waals surface area contributed by atoms with Crippen molar-refractivity contribution in [1.29, 1.82) is 5.41 Å². The molecular formula is C42H82N7O8P. The van der Waals surface area contributed by atoms with Crippen LogP contribution in [0.2, 0.25) is 0 Å². The van der Waals surface area contributed by atoms with Gasteiger partial charge in [0.2, 0.25) is 5.96 Å². The summed E-state index contributed by atoms with van der Waals surface area (Å²) in [5.74, 6) is -1.48. The smallest absolute Gasteiger partial charge is 0.352 e. The number of carbonyl (C=O) groups excluding carboxylic acids is 2. The molecule has 3 amide bonds. The second kappa shape index (κ2) is 29.2. The van der Waals surface area contributed by atoms with Gasteiger partial charge in [-0.3, -0.25) is 15.5 Å². The number of carbonyl (C=O) groups is 2. The van der Waals surface area contributed by atoms with Crippen LogP contribution in [0.1, 0.15) is 165 Å². The number of rotatable bonds is 28. The van der Waals surface area contributed by atoms with Crippen LogP contribution in [-0.4, -0.2) is 126 Å². The van der Waals surface area contributed by atoms with Crippen molar-refractivity contribution in [2.75, 3.05) is 59.0 Å². The number of phosphoric acid groups is 1. The van der Waals surface area contributed by atoms with Gasteiger partial charge in [-0.25, -0.2) is 9.69 Å². The number of phosphoric ester groups is 1. The SMILES string of the molecule is CCCC[N+](CCCC)(CCCC)CCCC.CCCC[N+](CCCC)(CCCC)CCCC.N=C1N=C2C(=NC(=O)N2[C@H]2C[C@H](O)[C@@H](COP(=O)([O-])[O-])O2)C(=O)N1. The number of nitrogens with one attached hydrogen (secondary N) is 2. The lowest BCUT2D eigenvalue weighted by molar-refractivity contribution is -0.929. The van der Waals surface area contributed by atoms with Crippen LogP contribution in [0, 0.1) is 5.41 Å². The summed E-state index contributed by atoms with van der Waals surface area (Å²) in [6, 6.07) is -0.884. The van der Waals surface area contributed by atoms with E-state index in [-0.39, 0.29) is 18.0 Å². The zero-order valence-corrected chi connectivity index (χ0v) is 38.5. The Morgan fingerprint density at radius 2 is 1.09 bits per heavy atom. The number of aliphatic hydroxyl groups excluding tert-OH is 1. The molecule has 3 aliphatic heterocycles. The molecule has 0 aliphatic carbocycles. The van der Waals surface area contributed by atoms with Gasteiger partial charge >= 0.3 is 6.03 Å². The quantitative estimate of drug-likeness (QED) is 0.0574. The van der Waals surface area contributed by atoms with Crippen molar-refractivity contribution in [1.82, 2.24) is 10.2 Å². The van der Waals surface area contributed by atoms with E-state index < -0.39 is 50.8 Å². The fraction of sp³-hybridized carbons (Fsp3) is 0.881. The van der Waals surface area contributed by atoms with Crippen LogP contribution >= 0.6 is 7.82 Å². The van der Waals surface area contributed by atoms with Gasteiger partial charge in [-0.05, 0) is 51.4 Å². The number of aliphatic hydroxyl groups is 1. The van der Waals surface area contributed by atoms with Gasteiger partial charge in [-0.15, -0.1) is 0 Å². The summed E-state index contributed by atoms with van der Waals surface area (Å²) in [6.45, 7) is 29.3. The van der Waals surface area contributed by atoms with Crippen molar-refractivity contribution in [3.8, 4) is 0 Å². The van der Waals surface area contributed by atoms with Crippen LogP contribution in [0.25, 0.3) is 0 Å². The first kappa shape index (κ1) is 53.9. The molecule has 0 spiro atoms. The molecule has 3 atom stereocenters. The van der Waals surface area contributed by atoms with E-state index >= 15 is 0 Å². The van der Waals surface area contributed by atoms with Gasteiger partial charge in [0.25, 0.3) is 5.91 Å². The number of guanidine groups is 1. The normalized spacial score (nSPS) is 19.5. The first-order chi connectivity index (χ1) is 27.6. The van der Waals surface area contributed by atoms with Crippen LogP contribution in [-0.2, 0) is 18.6 Å². The number of ether oxygens (including phenoxy) is 1. The maximum Gasteiger partial charge on any atom is 0.352 e. The van der Waals surface area contributed by atoms with Crippen molar-refractivity contribution in [2.24, 2.45) is 9.98 Å². The van der Waals surface area contributed by atoms with Crippen LogP contribution in [0.4, 0.5) is 4.79 Å². The average molecular weight is 844 g/mol. The maximum absolute atomic E-state index is 12.0. The third-order valence-electron chi connectivity index (χ3n) is 11.3. The largest absolute Gasteiger partial charge is 0.790 e. The number of amidine groups is 1. The van der Waals surface area contributed by atoms with Crippen molar-refractivity contribution >= 4 is 37.3 Å². The van der Waals surface area contributed by atoms with Gasteiger partial charge < -0.3 is 37.7 Å². The molecule has 58 heavy (non-hydrogen) atoms. The summed E-state index contributed by atoms with van der Waals surface area (Å²) < 4.78 is 22.7. The monoisotopic (exact) mass is 844 g/mol. The summed E-state index contributed by atoms with van der Waals surface area (Å²) in [6.07, 6.45) is 18.4. The summed E-state index contributed by atoms with van der Waals surface area (Å²) in [5, 5.41) is 19.3. The summed E-state index contributed by atoms with van der Waals surface area (Å²) in [5.41, 5.74) is -0.294. The number of urea groups is 1. The molecular weight excluding hydrogens is 761 g/mol. The Labute approximate surface area is 351 Å². The molecule has 15 nitrogen and oxygen atoms in total. The van der Waals surface area contributed by atoms with Gasteiger partial charge in [0.15, 0.2) is 11.5 Å². The van der Waals surface area contributed by atoms with E-state index in [2.05, 4.69) is 75.2 Å².